The predicted molar refractivity (Wildman–Crippen MR) is 94.1 cm³/mol. The molecule has 0 spiro atoms. The Morgan fingerprint density at radius 3 is 2.48 bits per heavy atom. The Hall–Kier alpha value is -1.63. The molecule has 0 aliphatic heterocycles. The molecule has 0 saturated carbocycles. The highest BCUT2D eigenvalue weighted by atomic mass is 35.5. The zero-order chi connectivity index (χ0) is 17.0. The van der Waals surface area contributed by atoms with Gasteiger partial charge >= 0.3 is 6.61 Å². The fourth-order valence-electron chi connectivity index (χ4n) is 1.80. The van der Waals surface area contributed by atoms with Crippen molar-refractivity contribution in [2.24, 2.45) is 0 Å². The second-order valence-electron chi connectivity index (χ2n) is 4.58. The molecule has 8 heteroatoms. The number of ether oxygens (including phenoxy) is 1. The number of thiocarbonyl (C=S) groups is 1. The number of hydrogen-bond donors (Lipinski definition) is 2. The van der Waals surface area contributed by atoms with Crippen LogP contribution in [-0.4, -0.2) is 11.7 Å². The number of aryl methyl sites for hydroxylation is 1. The van der Waals surface area contributed by atoms with Gasteiger partial charge in [-0.05, 0) is 55.0 Å². The van der Waals surface area contributed by atoms with Crippen molar-refractivity contribution in [2.45, 2.75) is 13.5 Å². The van der Waals surface area contributed by atoms with E-state index in [-0.39, 0.29) is 10.9 Å². The van der Waals surface area contributed by atoms with E-state index >= 15 is 0 Å². The van der Waals surface area contributed by atoms with Gasteiger partial charge in [0.2, 0.25) is 0 Å². The second kappa shape index (κ2) is 7.77. The number of anilines is 2. The normalized spacial score (nSPS) is 10.5. The molecule has 0 aliphatic carbocycles. The molecule has 3 nitrogen and oxygen atoms in total. The lowest BCUT2D eigenvalue weighted by Crippen LogP contribution is -2.20. The first-order valence-corrected chi connectivity index (χ1v) is 7.60. The Morgan fingerprint density at radius 1 is 1.09 bits per heavy atom. The summed E-state index contributed by atoms with van der Waals surface area (Å²) in [4.78, 5) is 0. The third-order valence-corrected chi connectivity index (χ3v) is 3.55. The highest BCUT2D eigenvalue weighted by Gasteiger charge is 2.12. The van der Waals surface area contributed by atoms with Crippen LogP contribution in [0.2, 0.25) is 10.0 Å². The summed E-state index contributed by atoms with van der Waals surface area (Å²) in [6, 6.07) is 9.69. The van der Waals surface area contributed by atoms with Crippen LogP contribution < -0.4 is 15.4 Å². The lowest BCUT2D eigenvalue weighted by atomic mass is 10.2. The number of benzene rings is 2. The second-order valence-corrected chi connectivity index (χ2v) is 5.83. The number of halogens is 4. The van der Waals surface area contributed by atoms with Crippen LogP contribution in [0.1, 0.15) is 5.56 Å². The quantitative estimate of drug-likeness (QED) is 0.669. The highest BCUT2D eigenvalue weighted by Crippen LogP contribution is 2.29. The lowest BCUT2D eigenvalue weighted by molar-refractivity contribution is -0.0493. The topological polar surface area (TPSA) is 33.3 Å². The van der Waals surface area contributed by atoms with E-state index in [0.717, 1.165) is 5.56 Å². The van der Waals surface area contributed by atoms with Crippen molar-refractivity contribution in [3.8, 4) is 5.75 Å². The van der Waals surface area contributed by atoms with E-state index in [0.29, 0.717) is 21.4 Å². The molecule has 0 bridgehead atoms. The van der Waals surface area contributed by atoms with Crippen LogP contribution >= 0.6 is 35.4 Å². The van der Waals surface area contributed by atoms with Crippen LogP contribution in [-0.2, 0) is 0 Å². The molecule has 2 rings (SSSR count). The van der Waals surface area contributed by atoms with Crippen molar-refractivity contribution in [1.82, 2.24) is 0 Å². The summed E-state index contributed by atoms with van der Waals surface area (Å²) in [7, 11) is 0. The zero-order valence-corrected chi connectivity index (χ0v) is 14.2. The minimum absolute atomic E-state index is 0.00124. The van der Waals surface area contributed by atoms with E-state index in [1.54, 1.807) is 37.3 Å². The molecule has 0 aliphatic rings. The van der Waals surface area contributed by atoms with E-state index < -0.39 is 6.61 Å². The van der Waals surface area contributed by atoms with Gasteiger partial charge in [0.1, 0.15) is 5.75 Å². The summed E-state index contributed by atoms with van der Waals surface area (Å²) in [6.07, 6.45) is 0. The number of alkyl halides is 2. The van der Waals surface area contributed by atoms with Gasteiger partial charge in [0.05, 0.1) is 16.4 Å². The van der Waals surface area contributed by atoms with Crippen molar-refractivity contribution in [3.05, 3.63) is 52.0 Å². The van der Waals surface area contributed by atoms with E-state index in [9.17, 15) is 8.78 Å². The van der Waals surface area contributed by atoms with Crippen LogP contribution in [0.4, 0.5) is 20.2 Å². The van der Waals surface area contributed by atoms with Gasteiger partial charge in [-0.15, -0.1) is 0 Å². The molecule has 0 radical (unpaired) electrons. The largest absolute Gasteiger partial charge is 0.433 e. The Bertz CT molecular complexity index is 729. The molecule has 0 fully saturated rings. The van der Waals surface area contributed by atoms with Gasteiger partial charge in [0.25, 0.3) is 0 Å². The molecule has 0 amide bonds. The number of hydrogen-bond acceptors (Lipinski definition) is 2. The summed E-state index contributed by atoms with van der Waals surface area (Å²) < 4.78 is 29.5. The van der Waals surface area contributed by atoms with Gasteiger partial charge in [-0.2, -0.15) is 8.78 Å². The molecular formula is C15H12Cl2F2N2OS. The summed E-state index contributed by atoms with van der Waals surface area (Å²) in [5, 5.41) is 6.72. The first-order valence-electron chi connectivity index (χ1n) is 6.43. The van der Waals surface area contributed by atoms with Crippen molar-refractivity contribution in [2.75, 3.05) is 10.6 Å². The van der Waals surface area contributed by atoms with Crippen molar-refractivity contribution in [1.29, 1.82) is 0 Å². The van der Waals surface area contributed by atoms with E-state index in [4.69, 9.17) is 35.4 Å². The predicted octanol–water partition coefficient (Wildman–Crippen LogP) is 5.71. The monoisotopic (exact) mass is 376 g/mol. The Morgan fingerprint density at radius 2 is 1.78 bits per heavy atom. The SMILES string of the molecule is Cc1ccc(NC(=S)Nc2cc(Cl)ccc2Cl)c(OC(F)F)c1. The molecule has 0 aromatic heterocycles. The fourth-order valence-corrected chi connectivity index (χ4v) is 2.35. The lowest BCUT2D eigenvalue weighted by Gasteiger charge is -2.15. The molecule has 23 heavy (non-hydrogen) atoms. The van der Waals surface area contributed by atoms with Crippen LogP contribution in [0.25, 0.3) is 0 Å². The molecule has 122 valence electrons. The van der Waals surface area contributed by atoms with Gasteiger partial charge < -0.3 is 15.4 Å². The van der Waals surface area contributed by atoms with E-state index in [2.05, 4.69) is 15.4 Å². The van der Waals surface area contributed by atoms with Crippen LogP contribution in [0, 0.1) is 6.92 Å². The number of rotatable bonds is 4. The third-order valence-electron chi connectivity index (χ3n) is 2.78. The van der Waals surface area contributed by atoms with Crippen molar-refractivity contribution < 1.29 is 13.5 Å². The zero-order valence-electron chi connectivity index (χ0n) is 11.9. The maximum absolute atomic E-state index is 12.5. The minimum Gasteiger partial charge on any atom is -0.433 e. The number of nitrogens with one attached hydrogen (secondary N) is 2. The maximum Gasteiger partial charge on any atom is 0.387 e. The summed E-state index contributed by atoms with van der Waals surface area (Å²) >= 11 is 17.1. The van der Waals surface area contributed by atoms with Gasteiger partial charge in [0.15, 0.2) is 5.11 Å². The summed E-state index contributed by atoms with van der Waals surface area (Å²) in [6.45, 7) is -1.16. The molecule has 0 unspecified atom stereocenters. The van der Waals surface area contributed by atoms with Crippen LogP contribution in [0.3, 0.4) is 0 Å². The smallest absolute Gasteiger partial charge is 0.387 e. The molecule has 0 heterocycles. The van der Waals surface area contributed by atoms with Crippen molar-refractivity contribution in [3.63, 3.8) is 0 Å². The standard InChI is InChI=1S/C15H12Cl2F2N2OS/c1-8-2-5-11(13(6-8)22-14(18)19)20-15(23)21-12-7-9(16)3-4-10(12)17/h2-7,14H,1H3,(H2,20,21,23). The average Bonchev–Trinajstić information content (AvgIpc) is 2.45. The molecule has 0 saturated heterocycles. The highest BCUT2D eigenvalue weighted by molar-refractivity contribution is 7.80. The van der Waals surface area contributed by atoms with Gasteiger partial charge in [-0.1, -0.05) is 29.3 Å². The summed E-state index contributed by atoms with van der Waals surface area (Å²) in [5.74, 6) is 0.00124. The summed E-state index contributed by atoms with van der Waals surface area (Å²) in [5.41, 5.74) is 1.59. The van der Waals surface area contributed by atoms with Gasteiger partial charge in [-0.25, -0.2) is 0 Å². The minimum atomic E-state index is -2.93. The van der Waals surface area contributed by atoms with E-state index in [1.807, 2.05) is 0 Å². The van der Waals surface area contributed by atoms with Crippen molar-refractivity contribution >= 4 is 51.9 Å². The van der Waals surface area contributed by atoms with Gasteiger partial charge in [-0.3, -0.25) is 0 Å². The first-order chi connectivity index (χ1) is 10.8. The van der Waals surface area contributed by atoms with Crippen LogP contribution in [0.15, 0.2) is 36.4 Å². The Labute approximate surface area is 147 Å². The van der Waals surface area contributed by atoms with E-state index in [1.165, 1.54) is 6.07 Å². The molecule has 2 aromatic carbocycles. The average molecular weight is 377 g/mol. The van der Waals surface area contributed by atoms with Crippen LogP contribution in [0.5, 0.6) is 5.75 Å². The molecule has 2 aromatic rings. The Kier molecular flexibility index (Phi) is 5.98. The molecule has 2 N–H and O–H groups in total. The fraction of sp³-hybridized carbons (Fsp3) is 0.133. The Balaban J connectivity index is 2.15. The molecule has 0 atom stereocenters. The third kappa shape index (κ3) is 5.20. The molecular weight excluding hydrogens is 365 g/mol. The van der Waals surface area contributed by atoms with Gasteiger partial charge in [0, 0.05) is 5.02 Å². The maximum atomic E-state index is 12.5. The first kappa shape index (κ1) is 17.7.